The van der Waals surface area contributed by atoms with Crippen molar-refractivity contribution < 1.29 is 38.0 Å². The van der Waals surface area contributed by atoms with Crippen LogP contribution in [0, 0.1) is 17.3 Å². The van der Waals surface area contributed by atoms with Crippen LogP contribution in [0.25, 0.3) is 0 Å². The largest absolute Gasteiger partial charge is 0.493 e. The van der Waals surface area contributed by atoms with Crippen LogP contribution in [0.1, 0.15) is 12.8 Å². The lowest BCUT2D eigenvalue weighted by molar-refractivity contribution is -0.330. The van der Waals surface area contributed by atoms with Crippen molar-refractivity contribution in [3.05, 3.63) is 48.8 Å². The standard InChI is InChI=1S/C24H32O8/c1-9-11-15-13-22(28-4)20(26)23(29-5,30-6)17(15)18-21(22,12-10-2)14-16(27-3)19(25)24(18,31-7)32-8/h9-10,13-14,17-18H,1-2,11-12H2,3-8H3/t17-,18-,21-,22+/m0/s1. The molecule has 176 valence electrons. The Morgan fingerprint density at radius 3 is 1.91 bits per heavy atom. The third kappa shape index (κ3) is 2.55. The van der Waals surface area contributed by atoms with E-state index in [0.717, 1.165) is 5.57 Å². The maximum Gasteiger partial charge on any atom is 0.256 e. The molecule has 4 aliphatic rings. The summed E-state index contributed by atoms with van der Waals surface area (Å²) >= 11 is 0. The summed E-state index contributed by atoms with van der Waals surface area (Å²) in [6.45, 7) is 7.77. The van der Waals surface area contributed by atoms with Gasteiger partial charge in [0.1, 0.15) is 0 Å². The number of methoxy groups -OCH3 is 6. The Morgan fingerprint density at radius 1 is 0.875 bits per heavy atom. The number of hydrogen-bond donors (Lipinski definition) is 0. The number of hydrogen-bond acceptors (Lipinski definition) is 8. The molecular weight excluding hydrogens is 416 g/mol. The monoisotopic (exact) mass is 448 g/mol. The predicted octanol–water partition coefficient (Wildman–Crippen LogP) is 2.36. The fourth-order valence-corrected chi connectivity index (χ4v) is 6.20. The van der Waals surface area contributed by atoms with Crippen molar-refractivity contribution in [1.82, 2.24) is 0 Å². The molecule has 32 heavy (non-hydrogen) atoms. The van der Waals surface area contributed by atoms with Crippen LogP contribution in [0.15, 0.2) is 48.8 Å². The number of allylic oxidation sites excluding steroid dienone is 2. The van der Waals surface area contributed by atoms with Gasteiger partial charge >= 0.3 is 0 Å². The zero-order valence-electron chi connectivity index (χ0n) is 19.6. The Labute approximate surface area is 188 Å². The van der Waals surface area contributed by atoms with Gasteiger partial charge < -0.3 is 28.4 Å². The smallest absolute Gasteiger partial charge is 0.256 e. The summed E-state index contributed by atoms with van der Waals surface area (Å²) in [5.41, 5.74) is -1.95. The van der Waals surface area contributed by atoms with Gasteiger partial charge in [-0.2, -0.15) is 0 Å². The van der Waals surface area contributed by atoms with Crippen molar-refractivity contribution in [3.8, 4) is 0 Å². The highest BCUT2D eigenvalue weighted by molar-refractivity contribution is 6.05. The highest BCUT2D eigenvalue weighted by Gasteiger charge is 2.82. The number of Topliss-reactive ketones (excluding diaryl/α,β-unsaturated/α-hetero) is 2. The van der Waals surface area contributed by atoms with Crippen LogP contribution in [0.2, 0.25) is 0 Å². The summed E-state index contributed by atoms with van der Waals surface area (Å²) in [7, 11) is 8.41. The van der Waals surface area contributed by atoms with E-state index in [2.05, 4.69) is 13.2 Å². The van der Waals surface area contributed by atoms with E-state index in [4.69, 9.17) is 28.4 Å². The molecule has 0 unspecified atom stereocenters. The molecule has 4 rings (SSSR count). The molecule has 0 aromatic carbocycles. The van der Waals surface area contributed by atoms with Gasteiger partial charge in [-0.3, -0.25) is 9.59 Å². The Balaban J connectivity index is 2.57. The summed E-state index contributed by atoms with van der Waals surface area (Å²) in [4.78, 5) is 27.8. The number of ketones is 2. The molecule has 0 aromatic heterocycles. The number of carbonyl (C=O) groups excluding carboxylic acids is 2. The van der Waals surface area contributed by atoms with Crippen molar-refractivity contribution in [2.24, 2.45) is 17.3 Å². The second kappa shape index (κ2) is 8.35. The molecule has 0 heterocycles. The van der Waals surface area contributed by atoms with Crippen molar-refractivity contribution in [3.63, 3.8) is 0 Å². The number of fused-ring (bicyclic) bond motifs is 1. The van der Waals surface area contributed by atoms with Crippen molar-refractivity contribution in [2.75, 3.05) is 42.7 Å². The van der Waals surface area contributed by atoms with Crippen molar-refractivity contribution >= 4 is 11.6 Å². The van der Waals surface area contributed by atoms with Gasteiger partial charge in [0.15, 0.2) is 11.4 Å². The molecule has 2 bridgehead atoms. The second-order valence-corrected chi connectivity index (χ2v) is 8.16. The Kier molecular flexibility index (Phi) is 6.40. The van der Waals surface area contributed by atoms with Gasteiger partial charge in [0.25, 0.3) is 5.78 Å². The quantitative estimate of drug-likeness (QED) is 0.372. The predicted molar refractivity (Wildman–Crippen MR) is 115 cm³/mol. The van der Waals surface area contributed by atoms with Gasteiger partial charge in [-0.1, -0.05) is 17.7 Å². The third-order valence-electron chi connectivity index (χ3n) is 7.39. The normalized spacial score (nSPS) is 34.4. The first-order valence-electron chi connectivity index (χ1n) is 10.3. The molecule has 0 spiro atoms. The minimum absolute atomic E-state index is 0.0164. The van der Waals surface area contributed by atoms with Crippen LogP contribution in [0.5, 0.6) is 0 Å². The molecule has 0 aliphatic heterocycles. The van der Waals surface area contributed by atoms with Crippen molar-refractivity contribution in [2.45, 2.75) is 30.0 Å². The zero-order chi connectivity index (χ0) is 23.9. The maximum absolute atomic E-state index is 14.2. The Morgan fingerprint density at radius 2 is 1.47 bits per heavy atom. The molecule has 1 saturated carbocycles. The van der Waals surface area contributed by atoms with E-state index >= 15 is 0 Å². The zero-order valence-corrected chi connectivity index (χ0v) is 19.6. The average Bonchev–Trinajstić information content (AvgIpc) is 2.81. The molecule has 4 atom stereocenters. The van der Waals surface area contributed by atoms with Crippen LogP contribution < -0.4 is 0 Å². The first kappa shape index (κ1) is 24.5. The number of carbonyl (C=O) groups is 2. The second-order valence-electron chi connectivity index (χ2n) is 8.16. The molecule has 0 aromatic rings. The first-order valence-corrected chi connectivity index (χ1v) is 10.3. The van der Waals surface area contributed by atoms with Gasteiger partial charge in [0.05, 0.1) is 13.0 Å². The summed E-state index contributed by atoms with van der Waals surface area (Å²) in [5.74, 6) is -5.98. The Hall–Kier alpha value is -2.10. The van der Waals surface area contributed by atoms with Crippen molar-refractivity contribution in [1.29, 1.82) is 0 Å². The van der Waals surface area contributed by atoms with Crippen LogP contribution in [0.3, 0.4) is 0 Å². The van der Waals surface area contributed by atoms with Gasteiger partial charge in [-0.25, -0.2) is 0 Å². The summed E-state index contributed by atoms with van der Waals surface area (Å²) in [5, 5.41) is 0. The Bertz CT molecular complexity index is 878. The summed E-state index contributed by atoms with van der Waals surface area (Å²) < 4.78 is 34.8. The molecule has 8 nitrogen and oxygen atoms in total. The third-order valence-corrected chi connectivity index (χ3v) is 7.39. The van der Waals surface area contributed by atoms with E-state index in [1.165, 1.54) is 42.7 Å². The highest BCUT2D eigenvalue weighted by atomic mass is 16.7. The van der Waals surface area contributed by atoms with Crippen LogP contribution in [0.4, 0.5) is 0 Å². The van der Waals surface area contributed by atoms with Gasteiger partial charge in [0, 0.05) is 46.9 Å². The van der Waals surface area contributed by atoms with E-state index in [-0.39, 0.29) is 12.2 Å². The topological polar surface area (TPSA) is 89.5 Å². The molecule has 0 radical (unpaired) electrons. The van der Waals surface area contributed by atoms with Crippen LogP contribution >= 0.6 is 0 Å². The molecule has 0 N–H and O–H groups in total. The number of rotatable bonds is 10. The molecular formula is C24H32O8. The van der Waals surface area contributed by atoms with E-state index in [1.54, 1.807) is 24.3 Å². The van der Waals surface area contributed by atoms with E-state index in [9.17, 15) is 9.59 Å². The summed E-state index contributed by atoms with van der Waals surface area (Å²) in [6, 6.07) is 0. The molecule has 1 fully saturated rings. The van der Waals surface area contributed by atoms with E-state index in [1.807, 2.05) is 0 Å². The fourth-order valence-electron chi connectivity index (χ4n) is 6.20. The summed E-state index contributed by atoms with van der Waals surface area (Å²) in [6.07, 6.45) is 7.53. The lowest BCUT2D eigenvalue weighted by Crippen LogP contribution is -2.81. The molecule has 8 heteroatoms. The average molecular weight is 449 g/mol. The lowest BCUT2D eigenvalue weighted by atomic mass is 9.41. The molecule has 0 saturated heterocycles. The minimum Gasteiger partial charge on any atom is -0.493 e. The first-order chi connectivity index (χ1) is 15.3. The van der Waals surface area contributed by atoms with Crippen LogP contribution in [-0.2, 0) is 38.0 Å². The van der Waals surface area contributed by atoms with Gasteiger partial charge in [0.2, 0.25) is 17.4 Å². The minimum atomic E-state index is -1.80. The molecule has 0 amide bonds. The SMILES string of the molecule is C=CCC1=C[C@@]2(OC)C(=O)C(OC)(OC)[C@@H]1[C@@H]1C(OC)(OC)C(=O)C(OC)=C[C@@]12CC=C. The van der Waals surface area contributed by atoms with E-state index in [0.29, 0.717) is 6.42 Å². The molecule has 4 aliphatic carbocycles. The lowest BCUT2D eigenvalue weighted by Gasteiger charge is -2.67. The maximum atomic E-state index is 14.2. The van der Waals surface area contributed by atoms with Gasteiger partial charge in [-0.05, 0) is 25.0 Å². The fraction of sp³-hybridized carbons (Fsp3) is 0.583. The number of ether oxygens (including phenoxy) is 6. The van der Waals surface area contributed by atoms with Gasteiger partial charge in [-0.15, -0.1) is 13.2 Å². The highest BCUT2D eigenvalue weighted by Crippen LogP contribution is 2.69. The van der Waals surface area contributed by atoms with Crippen LogP contribution in [-0.4, -0.2) is 71.4 Å². The van der Waals surface area contributed by atoms with E-state index < -0.39 is 46.0 Å².